The zero-order valence-corrected chi connectivity index (χ0v) is 10.1. The number of likely N-dealkylation sites (N-methyl/N-ethyl adjacent to an activating group) is 1. The van der Waals surface area contributed by atoms with Crippen LogP contribution in [0.25, 0.3) is 16.8 Å². The van der Waals surface area contributed by atoms with Crippen LogP contribution in [-0.2, 0) is 0 Å². The zero-order chi connectivity index (χ0) is 11.8. The van der Waals surface area contributed by atoms with Gasteiger partial charge in [-0.15, -0.1) is 0 Å². The van der Waals surface area contributed by atoms with Crippen molar-refractivity contribution >= 4 is 16.8 Å². The van der Waals surface area contributed by atoms with E-state index in [4.69, 9.17) is 4.74 Å². The summed E-state index contributed by atoms with van der Waals surface area (Å²) >= 11 is 0. The Balaban J connectivity index is 2.18. The van der Waals surface area contributed by atoms with Gasteiger partial charge in [-0.05, 0) is 25.6 Å². The molecule has 0 fully saturated rings. The van der Waals surface area contributed by atoms with Crippen LogP contribution in [-0.4, -0.2) is 25.2 Å². The van der Waals surface area contributed by atoms with Crippen LogP contribution in [0.15, 0.2) is 42.5 Å². The van der Waals surface area contributed by atoms with Gasteiger partial charge in [-0.2, -0.15) is 0 Å². The molecule has 2 nitrogen and oxygen atoms in total. The van der Waals surface area contributed by atoms with Crippen LogP contribution in [0, 0.1) is 0 Å². The number of benzene rings is 2. The molecule has 1 aliphatic heterocycles. The minimum atomic E-state index is 0.0216. The van der Waals surface area contributed by atoms with Crippen LogP contribution in [0.2, 0.25) is 0 Å². The second-order valence-electron chi connectivity index (χ2n) is 4.54. The molecule has 0 bridgehead atoms. The van der Waals surface area contributed by atoms with Gasteiger partial charge in [0.05, 0.1) is 0 Å². The molecule has 2 aromatic carbocycles. The largest absolute Gasteiger partial charge is 0.470 e. The molecule has 0 aromatic heterocycles. The van der Waals surface area contributed by atoms with Crippen molar-refractivity contribution < 1.29 is 4.74 Å². The maximum absolute atomic E-state index is 6.05. The Morgan fingerprint density at radius 2 is 1.88 bits per heavy atom. The Morgan fingerprint density at radius 3 is 2.71 bits per heavy atom. The van der Waals surface area contributed by atoms with Gasteiger partial charge in [0, 0.05) is 10.9 Å². The molecule has 2 heteroatoms. The summed E-state index contributed by atoms with van der Waals surface area (Å²) in [5.41, 5.74) is 1.15. The van der Waals surface area contributed by atoms with Crippen LogP contribution >= 0.6 is 0 Å². The van der Waals surface area contributed by atoms with E-state index >= 15 is 0 Å². The predicted octanol–water partition coefficient (Wildman–Crippen LogP) is 3.13. The molecule has 0 saturated heterocycles. The molecule has 1 aliphatic rings. The number of fused-ring (bicyclic) bond motifs is 3. The standard InChI is InChI=1S/C15H15NO/c1-16(2)14-10-9-12-8-7-11-5-3-4-6-13(11)15(12)17-14/h3-10,14H,1-2H3. The maximum atomic E-state index is 6.05. The van der Waals surface area contributed by atoms with E-state index in [1.807, 2.05) is 14.1 Å². The average molecular weight is 225 g/mol. The first-order chi connectivity index (χ1) is 8.25. The molecule has 1 atom stereocenters. The van der Waals surface area contributed by atoms with E-state index in [0.29, 0.717) is 0 Å². The van der Waals surface area contributed by atoms with Crippen molar-refractivity contribution in [3.63, 3.8) is 0 Å². The highest BCUT2D eigenvalue weighted by atomic mass is 16.5. The van der Waals surface area contributed by atoms with Gasteiger partial charge in [-0.1, -0.05) is 42.5 Å². The van der Waals surface area contributed by atoms with E-state index in [2.05, 4.69) is 53.5 Å². The first kappa shape index (κ1) is 10.4. The fraction of sp³-hybridized carbons (Fsp3) is 0.200. The topological polar surface area (TPSA) is 12.5 Å². The third-order valence-corrected chi connectivity index (χ3v) is 3.10. The summed E-state index contributed by atoms with van der Waals surface area (Å²) in [5.74, 6) is 0.990. The quantitative estimate of drug-likeness (QED) is 0.739. The summed E-state index contributed by atoms with van der Waals surface area (Å²) in [6.45, 7) is 0. The monoisotopic (exact) mass is 225 g/mol. The van der Waals surface area contributed by atoms with Gasteiger partial charge in [0.1, 0.15) is 5.75 Å². The van der Waals surface area contributed by atoms with E-state index in [9.17, 15) is 0 Å². The summed E-state index contributed by atoms with van der Waals surface area (Å²) in [6, 6.07) is 12.6. The second-order valence-corrected chi connectivity index (χ2v) is 4.54. The summed E-state index contributed by atoms with van der Waals surface area (Å²) < 4.78 is 6.05. The third-order valence-electron chi connectivity index (χ3n) is 3.10. The number of hydrogen-bond donors (Lipinski definition) is 0. The molecular weight excluding hydrogens is 210 g/mol. The first-order valence-electron chi connectivity index (χ1n) is 5.79. The molecule has 0 spiro atoms. The van der Waals surface area contributed by atoms with Gasteiger partial charge >= 0.3 is 0 Å². The van der Waals surface area contributed by atoms with Crippen LogP contribution in [0.3, 0.4) is 0 Å². The Hall–Kier alpha value is -1.80. The molecule has 1 unspecified atom stereocenters. The molecule has 0 aliphatic carbocycles. The lowest BCUT2D eigenvalue weighted by Crippen LogP contribution is -2.32. The Kier molecular flexibility index (Phi) is 2.37. The van der Waals surface area contributed by atoms with Gasteiger partial charge in [-0.25, -0.2) is 0 Å². The second kappa shape index (κ2) is 3.90. The highest BCUT2D eigenvalue weighted by Crippen LogP contribution is 2.34. The number of rotatable bonds is 1. The van der Waals surface area contributed by atoms with Gasteiger partial charge in [0.15, 0.2) is 6.23 Å². The summed E-state index contributed by atoms with van der Waals surface area (Å²) in [6.07, 6.45) is 4.24. The molecular formula is C15H15NO. The number of nitrogens with zero attached hydrogens (tertiary/aromatic N) is 1. The van der Waals surface area contributed by atoms with Crippen molar-refractivity contribution in [3.05, 3.63) is 48.0 Å². The van der Waals surface area contributed by atoms with Crippen molar-refractivity contribution in [2.75, 3.05) is 14.1 Å². The molecule has 0 amide bonds. The van der Waals surface area contributed by atoms with Gasteiger partial charge in [0.2, 0.25) is 0 Å². The minimum Gasteiger partial charge on any atom is -0.470 e. The van der Waals surface area contributed by atoms with Crippen molar-refractivity contribution in [1.82, 2.24) is 4.90 Å². The van der Waals surface area contributed by atoms with Crippen LogP contribution in [0.5, 0.6) is 5.75 Å². The first-order valence-corrected chi connectivity index (χ1v) is 5.79. The molecule has 17 heavy (non-hydrogen) atoms. The molecule has 1 heterocycles. The van der Waals surface area contributed by atoms with Gasteiger partial charge < -0.3 is 4.74 Å². The predicted molar refractivity (Wildman–Crippen MR) is 71.1 cm³/mol. The Bertz CT molecular complexity index is 586. The number of hydrogen-bond acceptors (Lipinski definition) is 2. The molecule has 0 N–H and O–H groups in total. The van der Waals surface area contributed by atoms with Crippen molar-refractivity contribution in [3.8, 4) is 5.75 Å². The lowest BCUT2D eigenvalue weighted by atomic mass is 10.0. The van der Waals surface area contributed by atoms with Crippen LogP contribution < -0.4 is 4.74 Å². The smallest absolute Gasteiger partial charge is 0.171 e. The van der Waals surface area contributed by atoms with E-state index in [-0.39, 0.29) is 6.23 Å². The minimum absolute atomic E-state index is 0.0216. The molecule has 86 valence electrons. The van der Waals surface area contributed by atoms with Crippen molar-refractivity contribution in [2.24, 2.45) is 0 Å². The fourth-order valence-corrected chi connectivity index (χ4v) is 2.15. The SMILES string of the molecule is CN(C)C1C=Cc2ccc3ccccc3c2O1. The average Bonchev–Trinajstić information content (AvgIpc) is 2.38. The lowest BCUT2D eigenvalue weighted by molar-refractivity contribution is 0.107. The maximum Gasteiger partial charge on any atom is 0.171 e. The van der Waals surface area contributed by atoms with E-state index < -0.39 is 0 Å². The molecule has 0 saturated carbocycles. The normalized spacial score (nSPS) is 18.2. The summed E-state index contributed by atoms with van der Waals surface area (Å²) in [5, 5.41) is 2.40. The third kappa shape index (κ3) is 1.71. The molecule has 0 radical (unpaired) electrons. The van der Waals surface area contributed by atoms with Crippen molar-refractivity contribution in [2.45, 2.75) is 6.23 Å². The highest BCUT2D eigenvalue weighted by molar-refractivity contribution is 5.92. The van der Waals surface area contributed by atoms with Gasteiger partial charge in [0.25, 0.3) is 0 Å². The zero-order valence-electron chi connectivity index (χ0n) is 10.1. The Labute approximate surface area is 101 Å². The summed E-state index contributed by atoms with van der Waals surface area (Å²) in [4.78, 5) is 2.06. The number of ether oxygens (including phenoxy) is 1. The van der Waals surface area contributed by atoms with E-state index in [0.717, 1.165) is 11.3 Å². The summed E-state index contributed by atoms with van der Waals surface area (Å²) in [7, 11) is 4.04. The molecule has 3 rings (SSSR count). The fourth-order valence-electron chi connectivity index (χ4n) is 2.15. The van der Waals surface area contributed by atoms with Crippen molar-refractivity contribution in [1.29, 1.82) is 0 Å². The van der Waals surface area contributed by atoms with Gasteiger partial charge in [-0.3, -0.25) is 4.90 Å². The highest BCUT2D eigenvalue weighted by Gasteiger charge is 2.18. The lowest BCUT2D eigenvalue weighted by Gasteiger charge is -2.27. The Morgan fingerprint density at radius 1 is 1.06 bits per heavy atom. The van der Waals surface area contributed by atoms with E-state index in [1.165, 1.54) is 10.8 Å². The van der Waals surface area contributed by atoms with Crippen LogP contribution in [0.4, 0.5) is 0 Å². The van der Waals surface area contributed by atoms with Crippen LogP contribution in [0.1, 0.15) is 5.56 Å². The molecule has 2 aromatic rings. The van der Waals surface area contributed by atoms with E-state index in [1.54, 1.807) is 0 Å².